The summed E-state index contributed by atoms with van der Waals surface area (Å²) in [5.41, 5.74) is 3.20. The van der Waals surface area contributed by atoms with Crippen molar-refractivity contribution in [3.63, 3.8) is 0 Å². The van der Waals surface area contributed by atoms with E-state index in [0.717, 1.165) is 22.8 Å². The Bertz CT molecular complexity index is 855. The van der Waals surface area contributed by atoms with Crippen LogP contribution >= 0.6 is 0 Å². The average molecular weight is 376 g/mol. The third-order valence-electron chi connectivity index (χ3n) is 6.04. The molecule has 1 heterocycles. The van der Waals surface area contributed by atoms with E-state index in [1.165, 1.54) is 32.1 Å². The Kier molecular flexibility index (Phi) is 5.47. The third kappa shape index (κ3) is 3.68. The largest absolute Gasteiger partial charge is 0.342 e. The highest BCUT2D eigenvalue weighted by molar-refractivity contribution is 6.22. The maximum absolute atomic E-state index is 13.4. The molecule has 0 radical (unpaired) electrons. The lowest BCUT2D eigenvalue weighted by Gasteiger charge is -2.35. The van der Waals surface area contributed by atoms with Crippen LogP contribution in [0.15, 0.2) is 59.6 Å². The molecule has 1 aliphatic heterocycles. The molecule has 1 unspecified atom stereocenters. The van der Waals surface area contributed by atoms with Gasteiger partial charge in [-0.25, -0.2) is 9.89 Å². The van der Waals surface area contributed by atoms with Crippen molar-refractivity contribution in [1.29, 1.82) is 0 Å². The Labute approximate surface area is 167 Å². The lowest BCUT2D eigenvalue weighted by atomic mass is 9.94. The van der Waals surface area contributed by atoms with E-state index in [0.29, 0.717) is 12.5 Å². The summed E-state index contributed by atoms with van der Waals surface area (Å²) in [7, 11) is 2.11. The van der Waals surface area contributed by atoms with E-state index in [4.69, 9.17) is 4.99 Å². The first-order chi connectivity index (χ1) is 13.6. The zero-order chi connectivity index (χ0) is 19.5. The zero-order valence-electron chi connectivity index (χ0n) is 16.8. The van der Waals surface area contributed by atoms with Gasteiger partial charge in [0, 0.05) is 19.5 Å². The molecule has 4 nitrogen and oxygen atoms in total. The second kappa shape index (κ2) is 8.17. The second-order valence-electron chi connectivity index (χ2n) is 8.00. The van der Waals surface area contributed by atoms with Gasteiger partial charge >= 0.3 is 0 Å². The standard InChI is InChI=1S/C24H29N3O/c1-18-11-9-10-16-22(18)27-23(28)21(17-19-12-5-3-6-13-19)25-24(27)26(2)20-14-7-4-8-15-20/h3,5-6,9-13,16,20-21H,4,7-8,14-15,17H2,1-2H3. The van der Waals surface area contributed by atoms with E-state index >= 15 is 0 Å². The van der Waals surface area contributed by atoms with E-state index < -0.39 is 0 Å². The first kappa shape index (κ1) is 18.7. The molecule has 0 aromatic heterocycles. The van der Waals surface area contributed by atoms with Gasteiger partial charge < -0.3 is 4.90 Å². The van der Waals surface area contributed by atoms with Gasteiger partial charge in [-0.15, -0.1) is 0 Å². The van der Waals surface area contributed by atoms with Gasteiger partial charge in [-0.2, -0.15) is 0 Å². The molecular weight excluding hydrogens is 346 g/mol. The van der Waals surface area contributed by atoms with Crippen LogP contribution in [0.2, 0.25) is 0 Å². The molecule has 4 rings (SSSR count). The monoisotopic (exact) mass is 375 g/mol. The van der Waals surface area contributed by atoms with Crippen molar-refractivity contribution in [3.05, 3.63) is 65.7 Å². The minimum atomic E-state index is -0.358. The fourth-order valence-electron chi connectivity index (χ4n) is 4.39. The van der Waals surface area contributed by atoms with Crippen molar-refractivity contribution in [2.24, 2.45) is 4.99 Å². The molecule has 4 heteroatoms. The number of para-hydroxylation sites is 1. The van der Waals surface area contributed by atoms with Crippen LogP contribution in [-0.4, -0.2) is 35.9 Å². The number of benzene rings is 2. The van der Waals surface area contributed by atoms with E-state index in [2.05, 4.69) is 37.1 Å². The number of amides is 1. The fraction of sp³-hybridized carbons (Fsp3) is 0.417. The van der Waals surface area contributed by atoms with Gasteiger partial charge in [0.25, 0.3) is 5.91 Å². The Balaban J connectivity index is 1.67. The molecule has 146 valence electrons. The van der Waals surface area contributed by atoms with E-state index in [1.807, 2.05) is 41.3 Å². The fourth-order valence-corrected chi connectivity index (χ4v) is 4.39. The van der Waals surface area contributed by atoms with E-state index in [1.54, 1.807) is 0 Å². The number of nitrogens with zero attached hydrogens (tertiary/aromatic N) is 3. The highest BCUT2D eigenvalue weighted by Gasteiger charge is 2.39. The lowest BCUT2D eigenvalue weighted by Crippen LogP contribution is -2.48. The number of carbonyl (C=O) groups excluding carboxylic acids is 1. The summed E-state index contributed by atoms with van der Waals surface area (Å²) in [5, 5.41) is 0. The van der Waals surface area contributed by atoms with Crippen LogP contribution in [-0.2, 0) is 11.2 Å². The molecule has 28 heavy (non-hydrogen) atoms. The second-order valence-corrected chi connectivity index (χ2v) is 8.00. The molecule has 2 aromatic rings. The number of rotatable bonds is 4. The summed E-state index contributed by atoms with van der Waals surface area (Å²) in [5.74, 6) is 0.892. The van der Waals surface area contributed by atoms with Crippen LogP contribution in [0, 0.1) is 6.92 Å². The van der Waals surface area contributed by atoms with Gasteiger partial charge in [-0.3, -0.25) is 4.79 Å². The highest BCUT2D eigenvalue weighted by atomic mass is 16.2. The molecular formula is C24H29N3O. The molecule has 1 saturated carbocycles. The zero-order valence-corrected chi connectivity index (χ0v) is 16.8. The number of aliphatic imine (C=N–C) groups is 1. The molecule has 1 fully saturated rings. The number of carbonyl (C=O) groups is 1. The molecule has 2 aliphatic rings. The maximum atomic E-state index is 13.4. The Hall–Kier alpha value is -2.62. The number of aryl methyl sites for hydroxylation is 1. The minimum absolute atomic E-state index is 0.0795. The van der Waals surface area contributed by atoms with Crippen LogP contribution in [0.5, 0.6) is 0 Å². The molecule has 0 N–H and O–H groups in total. The van der Waals surface area contributed by atoms with E-state index in [-0.39, 0.29) is 11.9 Å². The van der Waals surface area contributed by atoms with E-state index in [9.17, 15) is 4.79 Å². The number of guanidine groups is 1. The number of hydrogen-bond donors (Lipinski definition) is 0. The predicted molar refractivity (Wildman–Crippen MR) is 115 cm³/mol. The maximum Gasteiger partial charge on any atom is 0.259 e. The van der Waals surface area contributed by atoms with Crippen molar-refractivity contribution >= 4 is 17.6 Å². The van der Waals surface area contributed by atoms with Gasteiger partial charge in [0.2, 0.25) is 5.96 Å². The Morgan fingerprint density at radius 2 is 1.68 bits per heavy atom. The molecule has 1 atom stereocenters. The SMILES string of the molecule is Cc1ccccc1N1C(=O)C(Cc2ccccc2)N=C1N(C)C1CCCCC1. The van der Waals surface area contributed by atoms with Gasteiger partial charge in [0.1, 0.15) is 6.04 Å². The summed E-state index contributed by atoms with van der Waals surface area (Å²) in [6.45, 7) is 2.06. The number of hydrogen-bond acceptors (Lipinski definition) is 3. The van der Waals surface area contributed by atoms with Crippen LogP contribution in [0.25, 0.3) is 0 Å². The van der Waals surface area contributed by atoms with Gasteiger partial charge in [-0.05, 0) is 37.0 Å². The van der Waals surface area contributed by atoms with Gasteiger partial charge in [0.05, 0.1) is 5.69 Å². The Morgan fingerprint density at radius 1 is 1.00 bits per heavy atom. The van der Waals surface area contributed by atoms with Crippen molar-refractivity contribution in [2.75, 3.05) is 11.9 Å². The molecule has 0 bridgehead atoms. The minimum Gasteiger partial charge on any atom is -0.342 e. The van der Waals surface area contributed by atoms with Crippen molar-refractivity contribution in [2.45, 2.75) is 57.5 Å². The van der Waals surface area contributed by atoms with Crippen molar-refractivity contribution < 1.29 is 4.79 Å². The molecule has 1 aliphatic carbocycles. The first-order valence-electron chi connectivity index (χ1n) is 10.4. The van der Waals surface area contributed by atoms with Crippen molar-refractivity contribution in [1.82, 2.24) is 4.90 Å². The summed E-state index contributed by atoms with van der Waals surface area (Å²) < 4.78 is 0. The van der Waals surface area contributed by atoms with Crippen LogP contribution < -0.4 is 4.90 Å². The van der Waals surface area contributed by atoms with Gasteiger partial charge in [-0.1, -0.05) is 67.8 Å². The summed E-state index contributed by atoms with van der Waals surface area (Å²) in [6, 6.07) is 18.4. The number of anilines is 1. The van der Waals surface area contributed by atoms with Crippen LogP contribution in [0.4, 0.5) is 5.69 Å². The quantitative estimate of drug-likeness (QED) is 0.784. The normalized spacial score (nSPS) is 20.4. The topological polar surface area (TPSA) is 35.9 Å². The summed E-state index contributed by atoms with van der Waals surface area (Å²) >= 11 is 0. The average Bonchev–Trinajstić information content (AvgIpc) is 3.05. The highest BCUT2D eigenvalue weighted by Crippen LogP contribution is 2.30. The predicted octanol–water partition coefficient (Wildman–Crippen LogP) is 4.57. The van der Waals surface area contributed by atoms with Crippen LogP contribution in [0.1, 0.15) is 43.2 Å². The lowest BCUT2D eigenvalue weighted by molar-refractivity contribution is -0.118. The summed E-state index contributed by atoms with van der Waals surface area (Å²) in [4.78, 5) is 22.5. The summed E-state index contributed by atoms with van der Waals surface area (Å²) in [6.07, 6.45) is 6.82. The molecule has 0 saturated heterocycles. The molecule has 1 amide bonds. The van der Waals surface area contributed by atoms with Gasteiger partial charge in [0.15, 0.2) is 0 Å². The van der Waals surface area contributed by atoms with Crippen LogP contribution in [0.3, 0.4) is 0 Å². The Morgan fingerprint density at radius 3 is 2.39 bits per heavy atom. The third-order valence-corrected chi connectivity index (χ3v) is 6.04. The first-order valence-corrected chi connectivity index (χ1v) is 10.4. The molecule has 2 aromatic carbocycles. The smallest absolute Gasteiger partial charge is 0.259 e. The molecule has 0 spiro atoms. The van der Waals surface area contributed by atoms with Crippen molar-refractivity contribution in [3.8, 4) is 0 Å².